The predicted octanol–water partition coefficient (Wildman–Crippen LogP) is 2.06. The summed E-state index contributed by atoms with van der Waals surface area (Å²) in [5.74, 6) is -1.78. The summed E-state index contributed by atoms with van der Waals surface area (Å²) >= 11 is 0. The molecule has 0 amide bonds. The van der Waals surface area contributed by atoms with Crippen molar-refractivity contribution in [3.05, 3.63) is 0 Å². The van der Waals surface area contributed by atoms with Gasteiger partial charge < -0.3 is 10.2 Å². The summed E-state index contributed by atoms with van der Waals surface area (Å²) in [6.07, 6.45) is 3.00. The van der Waals surface area contributed by atoms with Gasteiger partial charge in [-0.15, -0.1) is 0 Å². The van der Waals surface area contributed by atoms with E-state index in [1.54, 1.807) is 4.90 Å². The Hall–Kier alpha value is -1.10. The molecule has 0 saturated heterocycles. The molecule has 0 aliphatic rings. The van der Waals surface area contributed by atoms with Crippen LogP contribution in [0.2, 0.25) is 0 Å². The van der Waals surface area contributed by atoms with Gasteiger partial charge in [0.25, 0.3) is 0 Å². The first-order valence-electron chi connectivity index (χ1n) is 6.58. The van der Waals surface area contributed by atoms with Crippen molar-refractivity contribution >= 4 is 11.9 Å². The standard InChI is InChI=1S/C13H25NO4/c1-4-5-6-8-14(9-7-11(15)16)12(10(2)3)13(17)18/h10,12H,4-9H2,1-3H3,(H,15,16)(H,17,18). The maximum Gasteiger partial charge on any atom is 0.321 e. The monoisotopic (exact) mass is 259 g/mol. The predicted molar refractivity (Wildman–Crippen MR) is 69.6 cm³/mol. The van der Waals surface area contributed by atoms with E-state index in [9.17, 15) is 14.7 Å². The number of carbonyl (C=O) groups is 2. The van der Waals surface area contributed by atoms with Crippen LogP contribution < -0.4 is 0 Å². The molecule has 0 aliphatic heterocycles. The van der Waals surface area contributed by atoms with Gasteiger partial charge in [0.2, 0.25) is 0 Å². The number of aliphatic carboxylic acids is 2. The van der Waals surface area contributed by atoms with Crippen molar-refractivity contribution in [1.29, 1.82) is 0 Å². The summed E-state index contributed by atoms with van der Waals surface area (Å²) in [5.41, 5.74) is 0. The lowest BCUT2D eigenvalue weighted by molar-refractivity contribution is -0.146. The lowest BCUT2D eigenvalue weighted by atomic mass is 10.0. The minimum Gasteiger partial charge on any atom is -0.481 e. The highest BCUT2D eigenvalue weighted by Crippen LogP contribution is 2.13. The maximum atomic E-state index is 11.3. The van der Waals surface area contributed by atoms with Gasteiger partial charge >= 0.3 is 11.9 Å². The Kier molecular flexibility index (Phi) is 8.37. The Labute approximate surface area is 109 Å². The van der Waals surface area contributed by atoms with Crippen LogP contribution in [0, 0.1) is 5.92 Å². The van der Waals surface area contributed by atoms with Crippen molar-refractivity contribution in [2.24, 2.45) is 5.92 Å². The molecule has 106 valence electrons. The van der Waals surface area contributed by atoms with Crippen LogP contribution in [0.15, 0.2) is 0 Å². The average molecular weight is 259 g/mol. The van der Waals surface area contributed by atoms with Crippen LogP contribution >= 0.6 is 0 Å². The first kappa shape index (κ1) is 16.9. The van der Waals surface area contributed by atoms with Crippen LogP contribution in [0.3, 0.4) is 0 Å². The molecule has 1 unspecified atom stereocenters. The number of unbranched alkanes of at least 4 members (excludes halogenated alkanes) is 2. The second kappa shape index (κ2) is 8.91. The molecule has 5 nitrogen and oxygen atoms in total. The Morgan fingerprint density at radius 2 is 1.72 bits per heavy atom. The second-order valence-electron chi connectivity index (χ2n) is 4.91. The number of rotatable bonds is 10. The smallest absolute Gasteiger partial charge is 0.321 e. The van der Waals surface area contributed by atoms with Gasteiger partial charge in [-0.3, -0.25) is 14.5 Å². The van der Waals surface area contributed by atoms with Crippen LogP contribution in [0.4, 0.5) is 0 Å². The molecule has 2 N–H and O–H groups in total. The molecule has 0 aromatic rings. The van der Waals surface area contributed by atoms with E-state index in [0.717, 1.165) is 19.3 Å². The van der Waals surface area contributed by atoms with Crippen molar-refractivity contribution in [2.45, 2.75) is 52.5 Å². The molecule has 5 heteroatoms. The molecule has 18 heavy (non-hydrogen) atoms. The molecule has 0 aromatic heterocycles. The molecule has 0 aliphatic carbocycles. The number of carboxylic acid groups (broad SMARTS) is 2. The molecule has 0 bridgehead atoms. The Morgan fingerprint density at radius 3 is 2.11 bits per heavy atom. The number of hydrogen-bond acceptors (Lipinski definition) is 3. The van der Waals surface area contributed by atoms with E-state index in [-0.39, 0.29) is 12.3 Å². The summed E-state index contributed by atoms with van der Waals surface area (Å²) < 4.78 is 0. The van der Waals surface area contributed by atoms with Gasteiger partial charge in [-0.2, -0.15) is 0 Å². The largest absolute Gasteiger partial charge is 0.481 e. The highest BCUT2D eigenvalue weighted by Gasteiger charge is 2.28. The number of hydrogen-bond donors (Lipinski definition) is 2. The van der Waals surface area contributed by atoms with E-state index in [1.165, 1.54) is 0 Å². The molecule has 0 aromatic carbocycles. The topological polar surface area (TPSA) is 77.8 Å². The first-order chi connectivity index (χ1) is 8.40. The molecule has 0 radical (unpaired) electrons. The van der Waals surface area contributed by atoms with Crippen molar-refractivity contribution in [3.63, 3.8) is 0 Å². The van der Waals surface area contributed by atoms with Crippen LogP contribution in [-0.2, 0) is 9.59 Å². The number of carboxylic acids is 2. The highest BCUT2D eigenvalue weighted by atomic mass is 16.4. The van der Waals surface area contributed by atoms with E-state index in [2.05, 4.69) is 6.92 Å². The van der Waals surface area contributed by atoms with Crippen LogP contribution in [-0.4, -0.2) is 46.2 Å². The van der Waals surface area contributed by atoms with Crippen molar-refractivity contribution in [2.75, 3.05) is 13.1 Å². The third kappa shape index (κ3) is 6.59. The maximum absolute atomic E-state index is 11.3. The van der Waals surface area contributed by atoms with E-state index in [0.29, 0.717) is 13.1 Å². The molecule has 0 heterocycles. The third-order valence-corrected chi connectivity index (χ3v) is 2.94. The summed E-state index contributed by atoms with van der Waals surface area (Å²) in [6, 6.07) is -0.596. The summed E-state index contributed by atoms with van der Waals surface area (Å²) in [6.45, 7) is 6.74. The molecule has 0 saturated carbocycles. The van der Waals surface area contributed by atoms with Gasteiger partial charge in [0.1, 0.15) is 6.04 Å². The van der Waals surface area contributed by atoms with Crippen LogP contribution in [0.1, 0.15) is 46.5 Å². The van der Waals surface area contributed by atoms with Crippen LogP contribution in [0.25, 0.3) is 0 Å². The van der Waals surface area contributed by atoms with Gasteiger partial charge in [0.05, 0.1) is 6.42 Å². The zero-order valence-electron chi connectivity index (χ0n) is 11.6. The molecule has 0 rings (SSSR count). The first-order valence-corrected chi connectivity index (χ1v) is 6.58. The third-order valence-electron chi connectivity index (χ3n) is 2.94. The lowest BCUT2D eigenvalue weighted by Crippen LogP contribution is -2.46. The van der Waals surface area contributed by atoms with Crippen molar-refractivity contribution in [1.82, 2.24) is 4.90 Å². The number of nitrogens with zero attached hydrogens (tertiary/aromatic N) is 1. The zero-order chi connectivity index (χ0) is 14.1. The van der Waals surface area contributed by atoms with Gasteiger partial charge in [-0.1, -0.05) is 33.6 Å². The SMILES string of the molecule is CCCCCN(CCC(=O)O)C(C(=O)O)C(C)C. The minimum atomic E-state index is -0.886. The van der Waals surface area contributed by atoms with E-state index >= 15 is 0 Å². The fraction of sp³-hybridized carbons (Fsp3) is 0.846. The van der Waals surface area contributed by atoms with E-state index in [1.807, 2.05) is 13.8 Å². The van der Waals surface area contributed by atoms with Crippen molar-refractivity contribution < 1.29 is 19.8 Å². The minimum absolute atomic E-state index is 0.0113. The second-order valence-corrected chi connectivity index (χ2v) is 4.91. The molecular formula is C13H25NO4. The Balaban J connectivity index is 4.57. The lowest BCUT2D eigenvalue weighted by Gasteiger charge is -2.31. The highest BCUT2D eigenvalue weighted by molar-refractivity contribution is 5.74. The van der Waals surface area contributed by atoms with E-state index in [4.69, 9.17) is 5.11 Å². The van der Waals surface area contributed by atoms with Crippen LogP contribution in [0.5, 0.6) is 0 Å². The normalized spacial score (nSPS) is 12.9. The molecule has 0 fully saturated rings. The van der Waals surface area contributed by atoms with Gasteiger partial charge in [0.15, 0.2) is 0 Å². The van der Waals surface area contributed by atoms with E-state index < -0.39 is 18.0 Å². The summed E-state index contributed by atoms with van der Waals surface area (Å²) in [4.78, 5) is 23.7. The van der Waals surface area contributed by atoms with Crippen molar-refractivity contribution in [3.8, 4) is 0 Å². The van der Waals surface area contributed by atoms with Gasteiger partial charge in [-0.05, 0) is 18.9 Å². The Bertz CT molecular complexity index is 266. The average Bonchev–Trinajstić information content (AvgIpc) is 2.24. The fourth-order valence-corrected chi connectivity index (χ4v) is 2.06. The molecular weight excluding hydrogens is 234 g/mol. The van der Waals surface area contributed by atoms with Gasteiger partial charge in [0, 0.05) is 6.54 Å². The summed E-state index contributed by atoms with van der Waals surface area (Å²) in [5, 5.41) is 18.0. The zero-order valence-corrected chi connectivity index (χ0v) is 11.6. The quantitative estimate of drug-likeness (QED) is 0.587. The van der Waals surface area contributed by atoms with Gasteiger partial charge in [-0.25, -0.2) is 0 Å². The summed E-state index contributed by atoms with van der Waals surface area (Å²) in [7, 11) is 0. The fourth-order valence-electron chi connectivity index (χ4n) is 2.06. The molecule has 0 spiro atoms. The molecule has 1 atom stereocenters. The Morgan fingerprint density at radius 1 is 1.11 bits per heavy atom.